The molecule has 1 aromatic rings. The molecule has 0 fully saturated rings. The third-order valence-electron chi connectivity index (χ3n) is 2.84. The predicted octanol–water partition coefficient (Wildman–Crippen LogP) is 4.40. The van der Waals surface area contributed by atoms with E-state index in [0.29, 0.717) is 5.92 Å². The highest BCUT2D eigenvalue weighted by Gasteiger charge is 2.11. The Balaban J connectivity index is 2.57. The topological polar surface area (TPSA) is 12.9 Å². The van der Waals surface area contributed by atoms with Gasteiger partial charge in [-0.3, -0.25) is 4.98 Å². The molecule has 0 aliphatic carbocycles. The van der Waals surface area contributed by atoms with Gasteiger partial charge in [0.25, 0.3) is 0 Å². The largest absolute Gasteiger partial charge is 0.261 e. The van der Waals surface area contributed by atoms with Crippen molar-refractivity contribution in [3.63, 3.8) is 0 Å². The Morgan fingerprint density at radius 1 is 1.13 bits per heavy atom. The summed E-state index contributed by atoms with van der Waals surface area (Å²) in [5.74, 6) is 1.46. The van der Waals surface area contributed by atoms with Crippen LogP contribution in [0.5, 0.6) is 0 Å². The summed E-state index contributed by atoms with van der Waals surface area (Å²) in [6.07, 6.45) is 7.01. The average Bonchev–Trinajstić information content (AvgIpc) is 2.25. The highest BCUT2D eigenvalue weighted by Crippen LogP contribution is 2.26. The van der Waals surface area contributed by atoms with Crippen molar-refractivity contribution < 1.29 is 0 Å². The molecular weight excluding hydrogens is 182 g/mol. The molecule has 15 heavy (non-hydrogen) atoms. The molecule has 0 amide bonds. The first-order valence-electron chi connectivity index (χ1n) is 6.15. The van der Waals surface area contributed by atoms with E-state index in [9.17, 15) is 0 Å². The molecule has 0 aliphatic rings. The van der Waals surface area contributed by atoms with E-state index >= 15 is 0 Å². The smallest absolute Gasteiger partial charge is 0.0434 e. The van der Waals surface area contributed by atoms with E-state index < -0.39 is 0 Å². The van der Waals surface area contributed by atoms with Crippen molar-refractivity contribution in [3.05, 3.63) is 30.1 Å². The van der Waals surface area contributed by atoms with Crippen LogP contribution in [0.15, 0.2) is 24.4 Å². The first-order valence-corrected chi connectivity index (χ1v) is 6.15. The van der Waals surface area contributed by atoms with Gasteiger partial charge in [-0.1, -0.05) is 39.7 Å². The van der Waals surface area contributed by atoms with Crippen LogP contribution >= 0.6 is 0 Å². The molecule has 1 atom stereocenters. The molecule has 1 heteroatoms. The van der Waals surface area contributed by atoms with Crippen molar-refractivity contribution in [2.75, 3.05) is 0 Å². The maximum Gasteiger partial charge on any atom is 0.0434 e. The Hall–Kier alpha value is -0.850. The minimum Gasteiger partial charge on any atom is -0.261 e. The van der Waals surface area contributed by atoms with E-state index in [0.717, 1.165) is 5.92 Å². The summed E-state index contributed by atoms with van der Waals surface area (Å²) >= 11 is 0. The van der Waals surface area contributed by atoms with Crippen molar-refractivity contribution in [2.45, 2.75) is 52.4 Å². The van der Waals surface area contributed by atoms with Crippen LogP contribution in [0.25, 0.3) is 0 Å². The molecule has 0 saturated carbocycles. The summed E-state index contributed by atoms with van der Waals surface area (Å²) < 4.78 is 0. The highest BCUT2D eigenvalue weighted by atomic mass is 14.7. The first kappa shape index (κ1) is 12.2. The number of nitrogens with zero attached hydrogens (tertiary/aromatic N) is 1. The summed E-state index contributed by atoms with van der Waals surface area (Å²) in [6, 6.07) is 6.26. The number of rotatable bonds is 6. The van der Waals surface area contributed by atoms with Crippen LogP contribution in [0.2, 0.25) is 0 Å². The lowest BCUT2D eigenvalue weighted by Crippen LogP contribution is -2.03. The Morgan fingerprint density at radius 3 is 2.47 bits per heavy atom. The fraction of sp³-hybridized carbons (Fsp3) is 0.643. The van der Waals surface area contributed by atoms with E-state index in [2.05, 4.69) is 37.9 Å². The van der Waals surface area contributed by atoms with E-state index in [4.69, 9.17) is 0 Å². The lowest BCUT2D eigenvalue weighted by Gasteiger charge is -2.16. The molecule has 1 unspecified atom stereocenters. The summed E-state index contributed by atoms with van der Waals surface area (Å²) in [5, 5.41) is 0. The van der Waals surface area contributed by atoms with E-state index in [1.54, 1.807) is 0 Å². The van der Waals surface area contributed by atoms with Crippen molar-refractivity contribution in [2.24, 2.45) is 5.92 Å². The summed E-state index contributed by atoms with van der Waals surface area (Å²) in [7, 11) is 0. The van der Waals surface area contributed by atoms with Crippen LogP contribution in [0.3, 0.4) is 0 Å². The molecule has 0 aliphatic heterocycles. The third-order valence-corrected chi connectivity index (χ3v) is 2.84. The van der Waals surface area contributed by atoms with Gasteiger partial charge in [-0.05, 0) is 30.9 Å². The number of aromatic nitrogens is 1. The number of pyridine rings is 1. The molecule has 84 valence electrons. The van der Waals surface area contributed by atoms with Gasteiger partial charge in [-0.25, -0.2) is 0 Å². The number of hydrogen-bond acceptors (Lipinski definition) is 1. The van der Waals surface area contributed by atoms with Crippen LogP contribution in [0.4, 0.5) is 0 Å². The lowest BCUT2D eigenvalue weighted by atomic mass is 9.91. The van der Waals surface area contributed by atoms with E-state index in [1.807, 2.05) is 12.3 Å². The SMILES string of the molecule is CCCC(CCC(C)C)c1ccccn1. The van der Waals surface area contributed by atoms with Crippen molar-refractivity contribution in [3.8, 4) is 0 Å². The predicted molar refractivity (Wildman–Crippen MR) is 66.0 cm³/mol. The van der Waals surface area contributed by atoms with Gasteiger partial charge in [0.05, 0.1) is 0 Å². The molecule has 1 nitrogen and oxygen atoms in total. The molecule has 0 spiro atoms. The standard InChI is InChI=1S/C14H23N/c1-4-7-13(10-9-12(2)3)14-8-5-6-11-15-14/h5-6,8,11-13H,4,7,9-10H2,1-3H3. The molecule has 1 heterocycles. The van der Waals surface area contributed by atoms with Crippen LogP contribution in [-0.2, 0) is 0 Å². The maximum atomic E-state index is 4.48. The Labute approximate surface area is 93.9 Å². The van der Waals surface area contributed by atoms with E-state index in [1.165, 1.54) is 31.4 Å². The average molecular weight is 205 g/mol. The quantitative estimate of drug-likeness (QED) is 0.670. The Kier molecular flexibility index (Phi) is 5.38. The second-order valence-corrected chi connectivity index (χ2v) is 4.71. The normalized spacial score (nSPS) is 13.1. The molecule has 0 N–H and O–H groups in total. The zero-order valence-corrected chi connectivity index (χ0v) is 10.2. The van der Waals surface area contributed by atoms with E-state index in [-0.39, 0.29) is 0 Å². The van der Waals surface area contributed by atoms with Crippen molar-refractivity contribution >= 4 is 0 Å². The van der Waals surface area contributed by atoms with Gasteiger partial charge < -0.3 is 0 Å². The van der Waals surface area contributed by atoms with Gasteiger partial charge in [-0.2, -0.15) is 0 Å². The van der Waals surface area contributed by atoms with Crippen LogP contribution in [-0.4, -0.2) is 4.98 Å². The number of hydrogen-bond donors (Lipinski definition) is 0. The van der Waals surface area contributed by atoms with Gasteiger partial charge in [-0.15, -0.1) is 0 Å². The van der Waals surface area contributed by atoms with Crippen molar-refractivity contribution in [1.82, 2.24) is 4.98 Å². The van der Waals surface area contributed by atoms with Gasteiger partial charge in [0.1, 0.15) is 0 Å². The van der Waals surface area contributed by atoms with Crippen LogP contribution < -0.4 is 0 Å². The summed E-state index contributed by atoms with van der Waals surface area (Å²) in [6.45, 7) is 6.84. The molecule has 1 aromatic heterocycles. The molecule has 0 bridgehead atoms. The van der Waals surface area contributed by atoms with Crippen molar-refractivity contribution in [1.29, 1.82) is 0 Å². The van der Waals surface area contributed by atoms with Gasteiger partial charge in [0.2, 0.25) is 0 Å². The fourth-order valence-electron chi connectivity index (χ4n) is 1.94. The Morgan fingerprint density at radius 2 is 1.93 bits per heavy atom. The Bertz CT molecular complexity index is 253. The van der Waals surface area contributed by atoms with Gasteiger partial charge in [0, 0.05) is 17.8 Å². The molecule has 0 saturated heterocycles. The first-order chi connectivity index (χ1) is 7.24. The zero-order chi connectivity index (χ0) is 11.1. The minimum absolute atomic E-state index is 0.665. The second kappa shape index (κ2) is 6.60. The van der Waals surface area contributed by atoms with Crippen LogP contribution in [0.1, 0.15) is 58.1 Å². The third kappa shape index (κ3) is 4.46. The maximum absolute atomic E-state index is 4.48. The monoisotopic (exact) mass is 205 g/mol. The molecular formula is C14H23N. The fourth-order valence-corrected chi connectivity index (χ4v) is 1.94. The molecule has 0 radical (unpaired) electrons. The molecule has 0 aromatic carbocycles. The van der Waals surface area contributed by atoms with Crippen LogP contribution in [0, 0.1) is 5.92 Å². The summed E-state index contributed by atoms with van der Waals surface area (Å²) in [4.78, 5) is 4.48. The van der Waals surface area contributed by atoms with Gasteiger partial charge in [0.15, 0.2) is 0 Å². The highest BCUT2D eigenvalue weighted by molar-refractivity contribution is 5.09. The van der Waals surface area contributed by atoms with Gasteiger partial charge >= 0.3 is 0 Å². The summed E-state index contributed by atoms with van der Waals surface area (Å²) in [5.41, 5.74) is 1.28. The second-order valence-electron chi connectivity index (χ2n) is 4.71. The minimum atomic E-state index is 0.665. The molecule has 1 rings (SSSR count). The lowest BCUT2D eigenvalue weighted by molar-refractivity contribution is 0.472. The zero-order valence-electron chi connectivity index (χ0n) is 10.2.